The van der Waals surface area contributed by atoms with Gasteiger partial charge in [0.1, 0.15) is 11.6 Å². The Morgan fingerprint density at radius 2 is 2.00 bits per heavy atom. The highest BCUT2D eigenvalue weighted by Crippen LogP contribution is 2.13. The average molecular weight is 158 g/mol. The molecule has 2 N–H and O–H groups in total. The zero-order valence-electron chi connectivity index (χ0n) is 5.99. The summed E-state index contributed by atoms with van der Waals surface area (Å²) in [5.41, 5.74) is 5.05. The van der Waals surface area contributed by atoms with Crippen LogP contribution in [0.4, 0.5) is 14.5 Å². The molecule has 0 saturated heterocycles. The van der Waals surface area contributed by atoms with Crippen molar-refractivity contribution in [3.8, 4) is 0 Å². The van der Waals surface area contributed by atoms with E-state index in [4.69, 9.17) is 0 Å². The fraction of sp³-hybridized carbons (Fsp3) is 0.143. The first-order valence-corrected chi connectivity index (χ1v) is 3.12. The zero-order valence-corrected chi connectivity index (χ0v) is 5.99. The number of anilines is 1. The first-order valence-electron chi connectivity index (χ1n) is 3.12. The number of hydrogen-bond donors (Lipinski definition) is 2. The molecule has 60 valence electrons. The number of hydrazine groups is 1. The molecule has 0 bridgehead atoms. The summed E-state index contributed by atoms with van der Waals surface area (Å²) in [4.78, 5) is 0. The molecule has 1 rings (SSSR count). The lowest BCUT2D eigenvalue weighted by atomic mass is 10.3. The van der Waals surface area contributed by atoms with Crippen LogP contribution in [-0.4, -0.2) is 7.05 Å². The third-order valence-electron chi connectivity index (χ3n) is 1.19. The molecule has 1 aromatic carbocycles. The van der Waals surface area contributed by atoms with Gasteiger partial charge in [-0.25, -0.2) is 14.2 Å². The Morgan fingerprint density at radius 1 is 1.27 bits per heavy atom. The highest BCUT2D eigenvalue weighted by molar-refractivity contribution is 5.43. The number of benzene rings is 1. The summed E-state index contributed by atoms with van der Waals surface area (Å²) in [6.45, 7) is 0. The van der Waals surface area contributed by atoms with Crippen molar-refractivity contribution in [1.29, 1.82) is 0 Å². The van der Waals surface area contributed by atoms with Gasteiger partial charge in [-0.15, -0.1) is 0 Å². The summed E-state index contributed by atoms with van der Waals surface area (Å²) < 4.78 is 25.1. The van der Waals surface area contributed by atoms with Crippen LogP contribution in [0.25, 0.3) is 0 Å². The van der Waals surface area contributed by atoms with E-state index >= 15 is 0 Å². The van der Waals surface area contributed by atoms with Crippen LogP contribution in [0.15, 0.2) is 18.2 Å². The Kier molecular flexibility index (Phi) is 2.38. The molecule has 0 saturated carbocycles. The van der Waals surface area contributed by atoms with Gasteiger partial charge >= 0.3 is 0 Å². The Labute approximate surface area is 63.2 Å². The molecule has 11 heavy (non-hydrogen) atoms. The second-order valence-corrected chi connectivity index (χ2v) is 2.00. The topological polar surface area (TPSA) is 24.1 Å². The highest BCUT2D eigenvalue weighted by atomic mass is 19.1. The molecule has 0 fully saturated rings. The minimum absolute atomic E-state index is 0.104. The van der Waals surface area contributed by atoms with Crippen LogP contribution in [-0.2, 0) is 0 Å². The maximum Gasteiger partial charge on any atom is 0.147 e. The first-order chi connectivity index (χ1) is 5.24. The largest absolute Gasteiger partial charge is 0.319 e. The Balaban J connectivity index is 2.93. The maximum atomic E-state index is 12.7. The van der Waals surface area contributed by atoms with Crippen molar-refractivity contribution in [3.05, 3.63) is 29.8 Å². The lowest BCUT2D eigenvalue weighted by Crippen LogP contribution is -2.16. The fourth-order valence-electron chi connectivity index (χ4n) is 0.728. The SMILES string of the molecule is CNNc1cc(F)ccc1F. The lowest BCUT2D eigenvalue weighted by molar-refractivity contribution is 0.601. The van der Waals surface area contributed by atoms with Crippen LogP contribution in [0.3, 0.4) is 0 Å². The molecule has 0 aliphatic heterocycles. The number of nitrogens with one attached hydrogen (secondary N) is 2. The maximum absolute atomic E-state index is 12.7. The molecule has 0 unspecified atom stereocenters. The quantitative estimate of drug-likeness (QED) is 0.637. The molecule has 0 aliphatic rings. The Bertz CT molecular complexity index is 250. The van der Waals surface area contributed by atoms with E-state index in [1.807, 2.05) is 0 Å². The van der Waals surface area contributed by atoms with Crippen molar-refractivity contribution in [1.82, 2.24) is 5.43 Å². The normalized spacial score (nSPS) is 9.73. The van der Waals surface area contributed by atoms with Gasteiger partial charge in [0.05, 0.1) is 5.69 Å². The number of rotatable bonds is 2. The van der Waals surface area contributed by atoms with Crippen LogP contribution < -0.4 is 10.9 Å². The molecular formula is C7H8F2N2. The molecule has 0 aromatic heterocycles. The van der Waals surface area contributed by atoms with Crippen molar-refractivity contribution in [3.63, 3.8) is 0 Å². The third-order valence-corrected chi connectivity index (χ3v) is 1.19. The Hall–Kier alpha value is -1.16. The molecular weight excluding hydrogens is 150 g/mol. The van der Waals surface area contributed by atoms with Crippen LogP contribution in [0.1, 0.15) is 0 Å². The van der Waals surface area contributed by atoms with Crippen LogP contribution in [0, 0.1) is 11.6 Å². The van der Waals surface area contributed by atoms with E-state index in [-0.39, 0.29) is 5.69 Å². The van der Waals surface area contributed by atoms with E-state index in [1.54, 1.807) is 7.05 Å². The van der Waals surface area contributed by atoms with Crippen molar-refractivity contribution in [2.75, 3.05) is 12.5 Å². The molecule has 0 spiro atoms. The minimum Gasteiger partial charge on any atom is -0.319 e. The van der Waals surface area contributed by atoms with E-state index in [0.29, 0.717) is 0 Å². The van der Waals surface area contributed by atoms with Crippen LogP contribution in [0.2, 0.25) is 0 Å². The van der Waals surface area contributed by atoms with Gasteiger partial charge in [-0.2, -0.15) is 0 Å². The predicted octanol–water partition coefficient (Wildman–Crippen LogP) is 1.51. The minimum atomic E-state index is -0.485. The van der Waals surface area contributed by atoms with Gasteiger partial charge in [0.15, 0.2) is 0 Å². The molecule has 1 aromatic rings. The molecule has 0 heterocycles. The third kappa shape index (κ3) is 1.88. The van der Waals surface area contributed by atoms with E-state index in [9.17, 15) is 8.78 Å². The summed E-state index contributed by atoms with van der Waals surface area (Å²) in [5.74, 6) is -0.954. The van der Waals surface area contributed by atoms with Crippen molar-refractivity contribution in [2.45, 2.75) is 0 Å². The molecule has 0 radical (unpaired) electrons. The second-order valence-electron chi connectivity index (χ2n) is 2.00. The summed E-state index contributed by atoms with van der Waals surface area (Å²) >= 11 is 0. The van der Waals surface area contributed by atoms with Crippen molar-refractivity contribution < 1.29 is 8.78 Å². The highest BCUT2D eigenvalue weighted by Gasteiger charge is 2.00. The van der Waals surface area contributed by atoms with Crippen molar-refractivity contribution >= 4 is 5.69 Å². The van der Waals surface area contributed by atoms with Gasteiger partial charge in [-0.3, -0.25) is 0 Å². The first kappa shape index (κ1) is 7.94. The van der Waals surface area contributed by atoms with Gasteiger partial charge in [0.2, 0.25) is 0 Å². The van der Waals surface area contributed by atoms with E-state index in [0.717, 1.165) is 18.2 Å². The van der Waals surface area contributed by atoms with Crippen LogP contribution >= 0.6 is 0 Å². The number of hydrogen-bond acceptors (Lipinski definition) is 2. The summed E-state index contributed by atoms with van der Waals surface area (Å²) in [5, 5.41) is 0. The van der Waals surface area contributed by atoms with E-state index in [2.05, 4.69) is 10.9 Å². The standard InChI is InChI=1S/C7H8F2N2/c1-10-11-7-4-5(8)2-3-6(7)9/h2-4,10-11H,1H3. The molecule has 4 heteroatoms. The summed E-state index contributed by atoms with van der Waals surface area (Å²) in [6.07, 6.45) is 0. The zero-order chi connectivity index (χ0) is 8.27. The van der Waals surface area contributed by atoms with Gasteiger partial charge in [-0.1, -0.05) is 0 Å². The van der Waals surface area contributed by atoms with Gasteiger partial charge in [-0.05, 0) is 12.1 Å². The van der Waals surface area contributed by atoms with Crippen molar-refractivity contribution in [2.24, 2.45) is 0 Å². The summed E-state index contributed by atoms with van der Waals surface area (Å²) in [6, 6.07) is 3.21. The molecule has 2 nitrogen and oxygen atoms in total. The number of halogens is 2. The van der Waals surface area contributed by atoms with Gasteiger partial charge in [0, 0.05) is 13.1 Å². The van der Waals surface area contributed by atoms with E-state index < -0.39 is 11.6 Å². The van der Waals surface area contributed by atoms with Crippen LogP contribution in [0.5, 0.6) is 0 Å². The van der Waals surface area contributed by atoms with Gasteiger partial charge < -0.3 is 5.43 Å². The Morgan fingerprint density at radius 3 is 2.64 bits per heavy atom. The fourth-order valence-corrected chi connectivity index (χ4v) is 0.728. The predicted molar refractivity (Wildman–Crippen MR) is 39.0 cm³/mol. The molecule has 0 amide bonds. The second kappa shape index (κ2) is 3.30. The average Bonchev–Trinajstić information content (AvgIpc) is 1.98. The van der Waals surface area contributed by atoms with E-state index in [1.165, 1.54) is 0 Å². The molecule has 0 aliphatic carbocycles. The summed E-state index contributed by atoms with van der Waals surface area (Å²) in [7, 11) is 1.57. The molecule has 0 atom stereocenters. The monoisotopic (exact) mass is 158 g/mol. The smallest absolute Gasteiger partial charge is 0.147 e. The lowest BCUT2D eigenvalue weighted by Gasteiger charge is -2.04. The van der Waals surface area contributed by atoms with Gasteiger partial charge in [0.25, 0.3) is 0 Å².